The van der Waals surface area contributed by atoms with Crippen LogP contribution >= 0.6 is 22.9 Å². The molecule has 0 fully saturated rings. The van der Waals surface area contributed by atoms with Gasteiger partial charge in [-0.1, -0.05) is 22.9 Å². The van der Waals surface area contributed by atoms with Crippen molar-refractivity contribution in [1.82, 2.24) is 9.97 Å². The van der Waals surface area contributed by atoms with Gasteiger partial charge in [0.1, 0.15) is 13.2 Å². The lowest BCUT2D eigenvalue weighted by atomic mass is 10.1. The molecule has 0 atom stereocenters. The predicted molar refractivity (Wildman–Crippen MR) is 122 cm³/mol. The fraction of sp³-hybridized carbons (Fsp3) is 0.174. The maximum Gasteiger partial charge on any atom is 0.260 e. The number of hydrogen-bond acceptors (Lipinski definition) is 6. The summed E-state index contributed by atoms with van der Waals surface area (Å²) in [6.07, 6.45) is 3.43. The number of thiazole rings is 1. The van der Waals surface area contributed by atoms with Gasteiger partial charge in [-0.15, -0.1) is 0 Å². The van der Waals surface area contributed by atoms with Gasteiger partial charge in [0.2, 0.25) is 0 Å². The molecule has 0 saturated heterocycles. The Morgan fingerprint density at radius 3 is 2.68 bits per heavy atom. The third kappa shape index (κ3) is 3.94. The van der Waals surface area contributed by atoms with Crippen molar-refractivity contribution in [1.29, 1.82) is 0 Å². The van der Waals surface area contributed by atoms with E-state index in [9.17, 15) is 4.79 Å². The number of ether oxygens (including phenoxy) is 2. The summed E-state index contributed by atoms with van der Waals surface area (Å²) in [5, 5.41) is 1.26. The zero-order chi connectivity index (χ0) is 21.4. The quantitative estimate of drug-likeness (QED) is 0.423. The molecule has 6 nitrogen and oxygen atoms in total. The number of nitrogens with zero attached hydrogens (tertiary/aromatic N) is 3. The van der Waals surface area contributed by atoms with E-state index in [1.165, 1.54) is 11.3 Å². The number of aromatic nitrogens is 2. The van der Waals surface area contributed by atoms with Crippen LogP contribution in [0.5, 0.6) is 11.5 Å². The van der Waals surface area contributed by atoms with Crippen molar-refractivity contribution < 1.29 is 14.3 Å². The molecule has 5 rings (SSSR count). The van der Waals surface area contributed by atoms with Gasteiger partial charge >= 0.3 is 0 Å². The third-order valence-corrected chi connectivity index (χ3v) is 6.24. The minimum Gasteiger partial charge on any atom is -0.486 e. The van der Waals surface area contributed by atoms with Crippen LogP contribution in [0.3, 0.4) is 0 Å². The van der Waals surface area contributed by atoms with Crippen LogP contribution in [0, 0.1) is 6.92 Å². The van der Waals surface area contributed by atoms with Crippen molar-refractivity contribution in [2.45, 2.75) is 13.5 Å². The van der Waals surface area contributed by atoms with E-state index in [4.69, 9.17) is 26.1 Å². The van der Waals surface area contributed by atoms with Crippen LogP contribution in [-0.4, -0.2) is 29.1 Å². The van der Waals surface area contributed by atoms with Crippen molar-refractivity contribution in [2.75, 3.05) is 18.1 Å². The number of rotatable bonds is 4. The minimum atomic E-state index is -0.170. The summed E-state index contributed by atoms with van der Waals surface area (Å²) in [6, 6.07) is 12.8. The Balaban J connectivity index is 1.57. The first kappa shape index (κ1) is 19.8. The number of fused-ring (bicyclic) bond motifs is 2. The second-order valence-electron chi connectivity index (χ2n) is 7.17. The highest BCUT2D eigenvalue weighted by molar-refractivity contribution is 7.22. The zero-order valence-electron chi connectivity index (χ0n) is 16.7. The van der Waals surface area contributed by atoms with E-state index < -0.39 is 0 Å². The molecule has 4 aromatic rings. The molecule has 2 aromatic heterocycles. The maximum absolute atomic E-state index is 13.6. The topological polar surface area (TPSA) is 64.6 Å². The van der Waals surface area contributed by atoms with Crippen molar-refractivity contribution in [3.8, 4) is 11.5 Å². The predicted octanol–water partition coefficient (Wildman–Crippen LogP) is 5.27. The Hall–Kier alpha value is -3.16. The lowest BCUT2D eigenvalue weighted by Gasteiger charge is -2.22. The summed E-state index contributed by atoms with van der Waals surface area (Å²) in [5.41, 5.74) is 3.28. The summed E-state index contributed by atoms with van der Waals surface area (Å²) >= 11 is 7.68. The van der Waals surface area contributed by atoms with Crippen LogP contribution < -0.4 is 14.4 Å². The van der Waals surface area contributed by atoms with Crippen molar-refractivity contribution >= 4 is 44.2 Å². The molecule has 31 heavy (non-hydrogen) atoms. The van der Waals surface area contributed by atoms with E-state index in [2.05, 4.69) is 4.98 Å². The molecule has 0 radical (unpaired) electrons. The molecule has 0 N–H and O–H groups in total. The lowest BCUT2D eigenvalue weighted by Crippen LogP contribution is -2.30. The molecule has 2 aromatic carbocycles. The fourth-order valence-electron chi connectivity index (χ4n) is 3.49. The summed E-state index contributed by atoms with van der Waals surface area (Å²) in [5.74, 6) is 1.05. The monoisotopic (exact) mass is 451 g/mol. The second kappa shape index (κ2) is 8.17. The number of amides is 1. The summed E-state index contributed by atoms with van der Waals surface area (Å²) < 4.78 is 12.2. The first-order valence-corrected chi connectivity index (χ1v) is 10.9. The average Bonchev–Trinajstić information content (AvgIpc) is 3.21. The molecule has 0 spiro atoms. The van der Waals surface area contributed by atoms with Crippen molar-refractivity contribution in [3.63, 3.8) is 0 Å². The molecule has 0 bridgehead atoms. The standard InChI is InChI=1S/C23H18ClN3O3S/c1-14-10-17(24)12-20-21(14)26-23(31-20)27(13-15-4-6-25-7-5-15)22(28)16-2-3-18-19(11-16)30-9-8-29-18/h2-7,10-12H,8-9,13H2,1H3. The van der Waals surface area contributed by atoms with Gasteiger partial charge in [-0.25, -0.2) is 4.98 Å². The van der Waals surface area contributed by atoms with Crippen LogP contribution in [0.1, 0.15) is 21.5 Å². The number of halogens is 1. The number of benzene rings is 2. The van der Waals surface area contributed by atoms with Gasteiger partial charge in [0.05, 0.1) is 16.8 Å². The number of aryl methyl sites for hydroxylation is 1. The van der Waals surface area contributed by atoms with Crippen LogP contribution in [-0.2, 0) is 6.54 Å². The first-order chi connectivity index (χ1) is 15.1. The van der Waals surface area contributed by atoms with Gasteiger partial charge in [-0.2, -0.15) is 0 Å². The fourth-order valence-corrected chi connectivity index (χ4v) is 4.91. The maximum atomic E-state index is 13.6. The average molecular weight is 452 g/mol. The number of carbonyl (C=O) groups is 1. The van der Waals surface area contributed by atoms with E-state index in [0.717, 1.165) is 21.3 Å². The SMILES string of the molecule is Cc1cc(Cl)cc2sc(N(Cc3ccncc3)C(=O)c3ccc4c(c3)OCCO4)nc12. The molecule has 0 saturated carbocycles. The molecule has 3 heterocycles. The number of carbonyl (C=O) groups excluding carboxylic acids is 1. The lowest BCUT2D eigenvalue weighted by molar-refractivity contribution is 0.0984. The van der Waals surface area contributed by atoms with Crippen LogP contribution in [0.4, 0.5) is 5.13 Å². The Morgan fingerprint density at radius 1 is 1.10 bits per heavy atom. The molecule has 0 aliphatic carbocycles. The molecule has 1 amide bonds. The Bertz CT molecular complexity index is 1280. The third-order valence-electron chi connectivity index (χ3n) is 4.99. The zero-order valence-corrected chi connectivity index (χ0v) is 18.2. The van der Waals surface area contributed by atoms with Crippen LogP contribution in [0.25, 0.3) is 10.2 Å². The molecule has 8 heteroatoms. The van der Waals surface area contributed by atoms with Gasteiger partial charge in [-0.3, -0.25) is 14.7 Å². The highest BCUT2D eigenvalue weighted by Gasteiger charge is 2.24. The largest absolute Gasteiger partial charge is 0.486 e. The highest BCUT2D eigenvalue weighted by Crippen LogP contribution is 2.36. The minimum absolute atomic E-state index is 0.170. The molecule has 1 aliphatic rings. The van der Waals surface area contributed by atoms with Crippen molar-refractivity contribution in [3.05, 3.63) is 76.6 Å². The molecular formula is C23H18ClN3O3S. The van der Waals surface area contributed by atoms with E-state index in [-0.39, 0.29) is 5.91 Å². The Morgan fingerprint density at radius 2 is 1.87 bits per heavy atom. The number of anilines is 1. The number of pyridine rings is 1. The van der Waals surface area contributed by atoms with Crippen molar-refractivity contribution in [2.24, 2.45) is 0 Å². The summed E-state index contributed by atoms with van der Waals surface area (Å²) in [7, 11) is 0. The molecular weight excluding hydrogens is 434 g/mol. The normalized spacial score (nSPS) is 12.7. The Kier molecular flexibility index (Phi) is 5.21. The molecule has 0 unspecified atom stereocenters. The van der Waals surface area contributed by atoms with Crippen LogP contribution in [0.2, 0.25) is 5.02 Å². The smallest absolute Gasteiger partial charge is 0.260 e. The molecule has 156 valence electrons. The first-order valence-electron chi connectivity index (χ1n) is 9.75. The Labute approximate surface area is 188 Å². The highest BCUT2D eigenvalue weighted by atomic mass is 35.5. The van der Waals surface area contributed by atoms with E-state index in [1.807, 2.05) is 31.2 Å². The second-order valence-corrected chi connectivity index (χ2v) is 8.62. The van der Waals surface area contributed by atoms with Gasteiger partial charge in [0, 0.05) is 23.0 Å². The summed E-state index contributed by atoms with van der Waals surface area (Å²) in [6.45, 7) is 3.29. The van der Waals surface area contributed by atoms with Gasteiger partial charge in [0.25, 0.3) is 5.91 Å². The van der Waals surface area contributed by atoms with Crippen LogP contribution in [0.15, 0.2) is 54.9 Å². The van der Waals surface area contributed by atoms with E-state index in [0.29, 0.717) is 47.0 Å². The van der Waals surface area contributed by atoms with Gasteiger partial charge in [-0.05, 0) is 60.5 Å². The number of hydrogen-bond donors (Lipinski definition) is 0. The summed E-state index contributed by atoms with van der Waals surface area (Å²) in [4.78, 5) is 24.1. The van der Waals surface area contributed by atoms with Gasteiger partial charge in [0.15, 0.2) is 16.6 Å². The van der Waals surface area contributed by atoms with E-state index in [1.54, 1.807) is 35.5 Å². The molecule has 1 aliphatic heterocycles. The van der Waals surface area contributed by atoms with E-state index >= 15 is 0 Å². The van der Waals surface area contributed by atoms with Gasteiger partial charge < -0.3 is 9.47 Å².